The van der Waals surface area contributed by atoms with Gasteiger partial charge in [0.1, 0.15) is 0 Å². The van der Waals surface area contributed by atoms with E-state index in [1.54, 1.807) is 21.3 Å². The van der Waals surface area contributed by atoms with Gasteiger partial charge in [-0.15, -0.1) is 5.10 Å². The van der Waals surface area contributed by atoms with Crippen molar-refractivity contribution in [3.63, 3.8) is 0 Å². The molecule has 1 aliphatic heterocycles. The van der Waals surface area contributed by atoms with Crippen LogP contribution in [0.5, 0.6) is 17.2 Å². The third-order valence-corrected chi connectivity index (χ3v) is 6.08. The van der Waals surface area contributed by atoms with Crippen molar-refractivity contribution in [1.29, 1.82) is 0 Å². The lowest BCUT2D eigenvalue weighted by atomic mass is 9.98. The van der Waals surface area contributed by atoms with Gasteiger partial charge in [-0.3, -0.25) is 4.90 Å². The molecule has 0 N–H and O–H groups in total. The van der Waals surface area contributed by atoms with Crippen LogP contribution in [0.3, 0.4) is 0 Å². The highest BCUT2D eigenvalue weighted by Gasteiger charge is 2.34. The lowest BCUT2D eigenvalue weighted by Crippen LogP contribution is -2.47. The highest BCUT2D eigenvalue weighted by atomic mass is 16.5. The fourth-order valence-electron chi connectivity index (χ4n) is 3.81. The zero-order valence-corrected chi connectivity index (χ0v) is 19.2. The summed E-state index contributed by atoms with van der Waals surface area (Å²) in [6.45, 7) is 10.3. The first-order chi connectivity index (χ1) is 14.4. The summed E-state index contributed by atoms with van der Waals surface area (Å²) in [5.74, 6) is 2.65. The van der Waals surface area contributed by atoms with Crippen LogP contribution >= 0.6 is 0 Å². The summed E-state index contributed by atoms with van der Waals surface area (Å²) in [4.78, 5) is 4.76. The Morgan fingerprint density at radius 1 is 1.00 bits per heavy atom. The molecular weight excluding hydrogens is 384 g/mol. The van der Waals surface area contributed by atoms with Gasteiger partial charge in [0, 0.05) is 26.2 Å². The zero-order valence-electron chi connectivity index (χ0n) is 19.2. The molecule has 3 rings (SSSR count). The molecule has 1 aromatic carbocycles. The Hall–Kier alpha value is -2.39. The van der Waals surface area contributed by atoms with Crippen LogP contribution < -0.4 is 14.2 Å². The number of hydrogen-bond donors (Lipinski definition) is 0. The SMILES string of the molecule is CCC(C)(C)n1nnnc1[C@@H](c1cc(OC)c(OC)c(OC)c1)N1CCN(C)CC1. The lowest BCUT2D eigenvalue weighted by molar-refractivity contribution is 0.117. The monoisotopic (exact) mass is 418 g/mol. The van der Waals surface area contributed by atoms with Crippen molar-refractivity contribution in [2.24, 2.45) is 0 Å². The summed E-state index contributed by atoms with van der Waals surface area (Å²) in [6.07, 6.45) is 0.912. The molecule has 1 aromatic heterocycles. The van der Waals surface area contributed by atoms with E-state index < -0.39 is 0 Å². The van der Waals surface area contributed by atoms with Crippen LogP contribution in [0.4, 0.5) is 0 Å². The first-order valence-corrected chi connectivity index (χ1v) is 10.4. The second-order valence-corrected chi connectivity index (χ2v) is 8.32. The number of methoxy groups -OCH3 is 3. The number of ether oxygens (including phenoxy) is 3. The molecule has 0 unspecified atom stereocenters. The predicted octanol–water partition coefficient (Wildman–Crippen LogP) is 2.18. The van der Waals surface area contributed by atoms with Gasteiger partial charge in [-0.2, -0.15) is 0 Å². The van der Waals surface area contributed by atoms with Gasteiger partial charge in [-0.25, -0.2) is 4.68 Å². The third-order valence-electron chi connectivity index (χ3n) is 6.08. The van der Waals surface area contributed by atoms with Crippen molar-refractivity contribution >= 4 is 0 Å². The molecule has 0 amide bonds. The van der Waals surface area contributed by atoms with Crippen LogP contribution in [-0.2, 0) is 5.54 Å². The molecule has 9 heteroatoms. The third kappa shape index (κ3) is 4.22. The van der Waals surface area contributed by atoms with Crippen molar-refractivity contribution < 1.29 is 14.2 Å². The van der Waals surface area contributed by atoms with E-state index in [1.807, 2.05) is 16.8 Å². The number of hydrogen-bond acceptors (Lipinski definition) is 8. The standard InChI is InChI=1S/C21H34N6O3/c1-8-21(2,3)27-20(22-23-24-27)18(26-11-9-25(4)10-12-26)15-13-16(28-5)19(30-7)17(14-15)29-6/h13-14,18H,8-12H2,1-7H3/t18-/m1/s1. The Morgan fingerprint density at radius 3 is 2.10 bits per heavy atom. The first-order valence-electron chi connectivity index (χ1n) is 10.4. The number of nitrogens with zero attached hydrogens (tertiary/aromatic N) is 6. The number of likely N-dealkylation sites (N-methyl/N-ethyl adjacent to an activating group) is 1. The highest BCUT2D eigenvalue weighted by molar-refractivity contribution is 5.55. The molecule has 0 radical (unpaired) electrons. The number of aromatic nitrogens is 4. The minimum Gasteiger partial charge on any atom is -0.493 e. The second kappa shape index (κ2) is 9.18. The Kier molecular flexibility index (Phi) is 6.82. The predicted molar refractivity (Wildman–Crippen MR) is 114 cm³/mol. The summed E-state index contributed by atoms with van der Waals surface area (Å²) in [5, 5.41) is 12.9. The van der Waals surface area contributed by atoms with Crippen LogP contribution in [-0.4, -0.2) is 84.6 Å². The van der Waals surface area contributed by atoms with Crippen LogP contribution in [0.25, 0.3) is 0 Å². The lowest BCUT2D eigenvalue weighted by Gasteiger charge is -2.38. The fraction of sp³-hybridized carbons (Fsp3) is 0.667. The molecule has 2 heterocycles. The van der Waals surface area contributed by atoms with Crippen LogP contribution in [0.2, 0.25) is 0 Å². The summed E-state index contributed by atoms with van der Waals surface area (Å²) in [6, 6.07) is 3.87. The molecule has 0 bridgehead atoms. The molecule has 0 saturated carbocycles. The zero-order chi connectivity index (χ0) is 21.9. The van der Waals surface area contributed by atoms with E-state index in [0.29, 0.717) is 17.2 Å². The maximum atomic E-state index is 5.62. The fourth-order valence-corrected chi connectivity index (χ4v) is 3.81. The average molecular weight is 419 g/mol. The van der Waals surface area contributed by atoms with Crippen LogP contribution in [0.1, 0.15) is 44.6 Å². The van der Waals surface area contributed by atoms with Gasteiger partial charge in [0.05, 0.1) is 32.9 Å². The molecule has 1 saturated heterocycles. The topological polar surface area (TPSA) is 77.8 Å². The minimum absolute atomic E-state index is 0.131. The minimum atomic E-state index is -0.204. The van der Waals surface area contributed by atoms with Crippen LogP contribution in [0, 0.1) is 0 Å². The molecule has 2 aromatic rings. The maximum Gasteiger partial charge on any atom is 0.203 e. The number of piperazine rings is 1. The Bertz CT molecular complexity index is 820. The quantitative estimate of drug-likeness (QED) is 0.646. The van der Waals surface area contributed by atoms with Crippen molar-refractivity contribution in [3.05, 3.63) is 23.5 Å². The van der Waals surface area contributed by atoms with E-state index >= 15 is 0 Å². The van der Waals surface area contributed by atoms with Crippen molar-refractivity contribution in [3.8, 4) is 17.2 Å². The maximum absolute atomic E-state index is 5.62. The van der Waals surface area contributed by atoms with Gasteiger partial charge in [0.15, 0.2) is 17.3 Å². The molecule has 1 fully saturated rings. The molecule has 0 aliphatic carbocycles. The van der Waals surface area contributed by atoms with E-state index in [2.05, 4.69) is 53.1 Å². The molecule has 166 valence electrons. The van der Waals surface area contributed by atoms with E-state index in [0.717, 1.165) is 44.0 Å². The molecular formula is C21H34N6O3. The van der Waals surface area contributed by atoms with Gasteiger partial charge >= 0.3 is 0 Å². The molecule has 1 aliphatic rings. The normalized spacial score (nSPS) is 17.0. The Labute approximate surface area is 178 Å². The van der Waals surface area contributed by atoms with Crippen LogP contribution in [0.15, 0.2) is 12.1 Å². The van der Waals surface area contributed by atoms with Gasteiger partial charge in [-0.1, -0.05) is 6.92 Å². The second-order valence-electron chi connectivity index (χ2n) is 8.32. The summed E-state index contributed by atoms with van der Waals surface area (Å²) >= 11 is 0. The Balaban J connectivity index is 2.16. The van der Waals surface area contributed by atoms with E-state index in [9.17, 15) is 0 Å². The van der Waals surface area contributed by atoms with Gasteiger partial charge < -0.3 is 19.1 Å². The number of tetrazole rings is 1. The van der Waals surface area contributed by atoms with E-state index in [-0.39, 0.29) is 11.6 Å². The first kappa shape index (κ1) is 22.3. The van der Waals surface area contributed by atoms with E-state index in [4.69, 9.17) is 14.2 Å². The number of rotatable bonds is 8. The summed E-state index contributed by atoms with van der Waals surface area (Å²) in [5.41, 5.74) is 0.807. The summed E-state index contributed by atoms with van der Waals surface area (Å²) in [7, 11) is 7.03. The molecule has 0 spiro atoms. The Morgan fingerprint density at radius 2 is 1.60 bits per heavy atom. The van der Waals surface area contributed by atoms with E-state index in [1.165, 1.54) is 0 Å². The highest BCUT2D eigenvalue weighted by Crippen LogP contribution is 2.42. The van der Waals surface area contributed by atoms with Crippen molar-refractivity contribution in [1.82, 2.24) is 30.0 Å². The number of benzene rings is 1. The average Bonchev–Trinajstić information content (AvgIpc) is 3.24. The smallest absolute Gasteiger partial charge is 0.203 e. The van der Waals surface area contributed by atoms with Crippen molar-refractivity contribution in [2.45, 2.75) is 38.8 Å². The largest absolute Gasteiger partial charge is 0.493 e. The van der Waals surface area contributed by atoms with Crippen molar-refractivity contribution in [2.75, 3.05) is 54.6 Å². The van der Waals surface area contributed by atoms with Gasteiger partial charge in [0.25, 0.3) is 0 Å². The van der Waals surface area contributed by atoms with Gasteiger partial charge in [0.2, 0.25) is 5.75 Å². The molecule has 9 nitrogen and oxygen atoms in total. The van der Waals surface area contributed by atoms with Gasteiger partial charge in [-0.05, 0) is 55.4 Å². The molecule has 30 heavy (non-hydrogen) atoms. The summed E-state index contributed by atoms with van der Waals surface area (Å²) < 4.78 is 18.7. The molecule has 1 atom stereocenters.